The van der Waals surface area contributed by atoms with E-state index in [9.17, 15) is 17.6 Å². The van der Waals surface area contributed by atoms with E-state index >= 15 is 0 Å². The lowest BCUT2D eigenvalue weighted by atomic mass is 10.00. The molecule has 2 aromatic rings. The van der Waals surface area contributed by atoms with Gasteiger partial charge in [-0.2, -0.15) is 0 Å². The van der Waals surface area contributed by atoms with E-state index in [1.165, 1.54) is 30.3 Å². The van der Waals surface area contributed by atoms with Crippen LogP contribution in [0.4, 0.5) is 10.1 Å². The molecule has 1 aliphatic heterocycles. The molecule has 0 atom stereocenters. The number of rotatable bonds is 7. The van der Waals surface area contributed by atoms with Crippen LogP contribution in [-0.2, 0) is 14.8 Å². The molecule has 1 amide bonds. The summed E-state index contributed by atoms with van der Waals surface area (Å²) >= 11 is 0. The highest BCUT2D eigenvalue weighted by Gasteiger charge is 2.29. The molecule has 1 aliphatic carbocycles. The molecule has 0 fully saturated rings. The molecule has 170 valence electrons. The van der Waals surface area contributed by atoms with Crippen LogP contribution in [0.5, 0.6) is 11.5 Å². The van der Waals surface area contributed by atoms with Crippen LogP contribution in [0.1, 0.15) is 25.7 Å². The Morgan fingerprint density at radius 3 is 2.50 bits per heavy atom. The second-order valence-electron chi connectivity index (χ2n) is 7.68. The van der Waals surface area contributed by atoms with Gasteiger partial charge in [0.2, 0.25) is 5.91 Å². The molecule has 32 heavy (non-hydrogen) atoms. The maximum atomic E-state index is 13.5. The summed E-state index contributed by atoms with van der Waals surface area (Å²) < 4.78 is 52.4. The number of anilines is 1. The topological polar surface area (TPSA) is 84.9 Å². The molecule has 2 aliphatic rings. The number of ether oxygens (including phenoxy) is 2. The summed E-state index contributed by atoms with van der Waals surface area (Å²) in [6.07, 6.45) is 6.27. The third-order valence-electron chi connectivity index (χ3n) is 5.40. The van der Waals surface area contributed by atoms with Gasteiger partial charge >= 0.3 is 0 Å². The van der Waals surface area contributed by atoms with Gasteiger partial charge in [-0.15, -0.1) is 0 Å². The largest absolute Gasteiger partial charge is 0.486 e. The lowest BCUT2D eigenvalue weighted by molar-refractivity contribution is -0.119. The summed E-state index contributed by atoms with van der Waals surface area (Å²) in [5.41, 5.74) is 1.33. The highest BCUT2D eigenvalue weighted by molar-refractivity contribution is 7.92. The number of sulfonamides is 1. The quantitative estimate of drug-likeness (QED) is 0.640. The van der Waals surface area contributed by atoms with Crippen LogP contribution in [0, 0.1) is 5.82 Å². The first-order chi connectivity index (χ1) is 15.4. The summed E-state index contributed by atoms with van der Waals surface area (Å²) in [5.74, 6) is -0.159. The van der Waals surface area contributed by atoms with Crippen molar-refractivity contribution in [3.8, 4) is 11.5 Å². The highest BCUT2D eigenvalue weighted by Crippen LogP contribution is 2.34. The Morgan fingerprint density at radius 1 is 1.03 bits per heavy atom. The van der Waals surface area contributed by atoms with Crippen LogP contribution >= 0.6 is 0 Å². The zero-order valence-corrected chi connectivity index (χ0v) is 18.4. The first-order valence-corrected chi connectivity index (χ1v) is 12.0. The molecular weight excluding hydrogens is 435 g/mol. The van der Waals surface area contributed by atoms with E-state index in [0.717, 1.165) is 47.7 Å². The van der Waals surface area contributed by atoms with Crippen LogP contribution in [0.25, 0.3) is 0 Å². The van der Waals surface area contributed by atoms with E-state index in [-0.39, 0.29) is 10.6 Å². The molecule has 0 spiro atoms. The van der Waals surface area contributed by atoms with Gasteiger partial charge in [-0.1, -0.05) is 11.6 Å². The number of halogens is 1. The van der Waals surface area contributed by atoms with Gasteiger partial charge in [0, 0.05) is 12.6 Å². The number of nitrogens with zero attached hydrogens (tertiary/aromatic N) is 1. The van der Waals surface area contributed by atoms with E-state index in [1.54, 1.807) is 0 Å². The number of amides is 1. The fourth-order valence-corrected chi connectivity index (χ4v) is 5.13. The number of carbonyl (C=O) groups is 1. The number of benzene rings is 2. The van der Waals surface area contributed by atoms with Crippen LogP contribution in [0.3, 0.4) is 0 Å². The lowest BCUT2D eigenvalue weighted by Crippen LogP contribution is -2.41. The Bertz CT molecular complexity index is 1120. The van der Waals surface area contributed by atoms with Crippen molar-refractivity contribution < 1.29 is 27.1 Å². The standard InChI is InChI=1S/C23H25FN2O5S/c24-18-6-8-19(9-7-18)26(16-23(27)25-15-17-4-2-1-3-5-17)32(28,29)20-10-11-21-22(14-20)31-13-12-30-21/h4,6-11,14H,1-3,5,12-13,15-16H2,(H,25,27). The maximum absolute atomic E-state index is 13.5. The Morgan fingerprint density at radius 2 is 1.78 bits per heavy atom. The molecule has 0 aromatic heterocycles. The number of allylic oxidation sites excluding steroid dienone is 1. The first kappa shape index (κ1) is 22.1. The van der Waals surface area contributed by atoms with E-state index in [2.05, 4.69) is 11.4 Å². The molecule has 9 heteroatoms. The van der Waals surface area contributed by atoms with Crippen molar-refractivity contribution in [1.82, 2.24) is 5.32 Å². The molecule has 0 bridgehead atoms. The molecule has 0 saturated heterocycles. The van der Waals surface area contributed by atoms with Gasteiger partial charge in [-0.25, -0.2) is 12.8 Å². The second kappa shape index (κ2) is 9.60. The van der Waals surface area contributed by atoms with E-state index in [4.69, 9.17) is 9.47 Å². The summed E-state index contributed by atoms with van der Waals surface area (Å²) in [6.45, 7) is 0.656. The Labute approximate surface area is 186 Å². The van der Waals surface area contributed by atoms with Crippen LogP contribution in [0.2, 0.25) is 0 Å². The zero-order valence-electron chi connectivity index (χ0n) is 17.6. The van der Waals surface area contributed by atoms with E-state index in [1.807, 2.05) is 0 Å². The van der Waals surface area contributed by atoms with Gasteiger partial charge in [0.05, 0.1) is 10.6 Å². The van der Waals surface area contributed by atoms with Gasteiger partial charge in [0.1, 0.15) is 25.6 Å². The third kappa shape index (κ3) is 5.04. The molecule has 0 unspecified atom stereocenters. The first-order valence-electron chi connectivity index (χ1n) is 10.6. The van der Waals surface area contributed by atoms with Crippen molar-refractivity contribution >= 4 is 21.6 Å². The minimum absolute atomic E-state index is 0.0473. The van der Waals surface area contributed by atoms with Crippen molar-refractivity contribution in [3.63, 3.8) is 0 Å². The molecule has 0 radical (unpaired) electrons. The Kier molecular flexibility index (Phi) is 6.64. The normalized spacial score (nSPS) is 15.6. The average Bonchev–Trinajstić information content (AvgIpc) is 2.82. The summed E-state index contributed by atoms with van der Waals surface area (Å²) in [7, 11) is -4.14. The number of hydrogen-bond acceptors (Lipinski definition) is 5. The van der Waals surface area contributed by atoms with E-state index < -0.39 is 28.3 Å². The minimum atomic E-state index is -4.14. The highest BCUT2D eigenvalue weighted by atomic mass is 32.2. The zero-order chi connectivity index (χ0) is 22.6. The van der Waals surface area contributed by atoms with Crippen molar-refractivity contribution in [2.75, 3.05) is 30.6 Å². The smallest absolute Gasteiger partial charge is 0.264 e. The lowest BCUT2D eigenvalue weighted by Gasteiger charge is -2.25. The van der Waals surface area contributed by atoms with Gasteiger partial charge in [-0.05, 0) is 62.1 Å². The number of carbonyl (C=O) groups excluding carboxylic acids is 1. The van der Waals surface area contributed by atoms with Gasteiger partial charge in [0.15, 0.2) is 11.5 Å². The number of fused-ring (bicyclic) bond motifs is 1. The predicted molar refractivity (Wildman–Crippen MR) is 118 cm³/mol. The van der Waals surface area contributed by atoms with Crippen LogP contribution in [-0.4, -0.2) is 40.6 Å². The fraction of sp³-hybridized carbons (Fsp3) is 0.348. The van der Waals surface area contributed by atoms with Crippen LogP contribution in [0.15, 0.2) is 59.0 Å². The molecule has 2 aromatic carbocycles. The predicted octanol–water partition coefficient (Wildman–Crippen LogP) is 3.41. The number of hydrogen-bond donors (Lipinski definition) is 1. The minimum Gasteiger partial charge on any atom is -0.486 e. The SMILES string of the molecule is O=C(CN(c1ccc(F)cc1)S(=O)(=O)c1ccc2c(c1)OCCO2)NCC1=CCCCC1. The Hall–Kier alpha value is -3.07. The monoisotopic (exact) mass is 460 g/mol. The summed E-state index contributed by atoms with van der Waals surface area (Å²) in [5, 5.41) is 2.81. The molecule has 7 nitrogen and oxygen atoms in total. The number of nitrogens with one attached hydrogen (secondary N) is 1. The molecule has 0 saturated carbocycles. The third-order valence-corrected chi connectivity index (χ3v) is 7.17. The van der Waals surface area contributed by atoms with Crippen molar-refractivity contribution in [2.24, 2.45) is 0 Å². The van der Waals surface area contributed by atoms with Crippen molar-refractivity contribution in [3.05, 3.63) is 59.9 Å². The summed E-state index contributed by atoms with van der Waals surface area (Å²) in [6, 6.07) is 9.30. The van der Waals surface area contributed by atoms with E-state index in [0.29, 0.717) is 31.3 Å². The van der Waals surface area contributed by atoms with Gasteiger partial charge in [0.25, 0.3) is 10.0 Å². The molecule has 4 rings (SSSR count). The molecular formula is C23H25FN2O5S. The van der Waals surface area contributed by atoms with Crippen LogP contribution < -0.4 is 19.1 Å². The molecule has 1 heterocycles. The second-order valence-corrected chi connectivity index (χ2v) is 9.54. The summed E-state index contributed by atoms with van der Waals surface area (Å²) in [4.78, 5) is 12.6. The van der Waals surface area contributed by atoms with Crippen molar-refractivity contribution in [2.45, 2.75) is 30.6 Å². The Balaban J connectivity index is 1.59. The molecule has 1 N–H and O–H groups in total. The van der Waals surface area contributed by atoms with Crippen molar-refractivity contribution in [1.29, 1.82) is 0 Å². The maximum Gasteiger partial charge on any atom is 0.264 e. The van der Waals surface area contributed by atoms with Gasteiger partial charge in [-0.3, -0.25) is 9.10 Å². The van der Waals surface area contributed by atoms with Gasteiger partial charge < -0.3 is 14.8 Å². The fourth-order valence-electron chi connectivity index (χ4n) is 3.70. The average molecular weight is 461 g/mol.